The fraction of sp³-hybridized carbons (Fsp3) is 0.167. The largest absolute Gasteiger partial charge is 0.392 e. The number of aliphatic hydroxyl groups excluding tert-OH is 1. The summed E-state index contributed by atoms with van der Waals surface area (Å²) in [5.74, 6) is 1.42. The summed E-state index contributed by atoms with van der Waals surface area (Å²) < 4.78 is 0. The van der Waals surface area contributed by atoms with Gasteiger partial charge >= 0.3 is 0 Å². The van der Waals surface area contributed by atoms with Gasteiger partial charge in [0.05, 0.1) is 18.0 Å². The highest BCUT2D eigenvalue weighted by molar-refractivity contribution is 5.81. The number of aliphatic hydroxyl groups is 1. The third kappa shape index (κ3) is 3.12. The molecule has 138 valence electrons. The van der Waals surface area contributed by atoms with E-state index in [4.69, 9.17) is 4.98 Å². The lowest BCUT2D eigenvalue weighted by Gasteiger charge is -2.09. The van der Waals surface area contributed by atoms with E-state index >= 15 is 0 Å². The van der Waals surface area contributed by atoms with E-state index in [1.54, 1.807) is 12.4 Å². The Hall–Kier alpha value is -3.24. The van der Waals surface area contributed by atoms with E-state index < -0.39 is 0 Å². The van der Waals surface area contributed by atoms with Crippen molar-refractivity contribution in [3.63, 3.8) is 0 Å². The molecule has 2 aromatic heterocycles. The first kappa shape index (κ1) is 16.9. The number of imidazole rings is 1. The lowest BCUT2D eigenvalue weighted by molar-refractivity contribution is 0.280. The molecule has 2 heterocycles. The minimum absolute atomic E-state index is 0.0825. The number of hydrogen-bond donors (Lipinski definition) is 2. The number of aromatic nitrogens is 3. The van der Waals surface area contributed by atoms with Gasteiger partial charge in [-0.05, 0) is 48.1 Å². The molecule has 2 N–H and O–H groups in total. The minimum Gasteiger partial charge on any atom is -0.392 e. The highest BCUT2D eigenvalue weighted by atomic mass is 16.3. The summed E-state index contributed by atoms with van der Waals surface area (Å²) in [6.07, 6.45) is 5.99. The molecule has 4 nitrogen and oxygen atoms in total. The molecule has 0 saturated heterocycles. The third-order valence-electron chi connectivity index (χ3n) is 5.33. The van der Waals surface area contributed by atoms with Crippen LogP contribution in [0.5, 0.6) is 0 Å². The molecule has 0 bridgehead atoms. The van der Waals surface area contributed by atoms with Gasteiger partial charge in [-0.1, -0.05) is 42.5 Å². The SMILES string of the molecule is OCc1ccc(-c2nc(-c3ccccc3)[nH]c2-c2ccncc2)cc1C1CC1. The van der Waals surface area contributed by atoms with Gasteiger partial charge in [-0.2, -0.15) is 0 Å². The average molecular weight is 367 g/mol. The maximum atomic E-state index is 9.71. The quantitative estimate of drug-likeness (QED) is 0.511. The highest BCUT2D eigenvalue weighted by Gasteiger charge is 2.27. The molecule has 4 aromatic rings. The van der Waals surface area contributed by atoms with Crippen LogP contribution in [-0.4, -0.2) is 20.1 Å². The van der Waals surface area contributed by atoms with Crippen LogP contribution < -0.4 is 0 Å². The number of H-pyrrole nitrogens is 1. The molecule has 1 aliphatic carbocycles. The molecule has 0 atom stereocenters. The molecule has 5 rings (SSSR count). The van der Waals surface area contributed by atoms with Gasteiger partial charge in [0.2, 0.25) is 0 Å². The molecule has 0 spiro atoms. The van der Waals surface area contributed by atoms with Crippen LogP contribution >= 0.6 is 0 Å². The normalized spacial score (nSPS) is 13.6. The Labute approximate surface area is 163 Å². The highest BCUT2D eigenvalue weighted by Crippen LogP contribution is 2.43. The Bertz CT molecular complexity index is 1100. The number of aromatic amines is 1. The average Bonchev–Trinajstić information content (AvgIpc) is 3.52. The zero-order chi connectivity index (χ0) is 18.9. The van der Waals surface area contributed by atoms with Crippen molar-refractivity contribution in [2.45, 2.75) is 25.4 Å². The first-order chi connectivity index (χ1) is 13.8. The Morgan fingerprint density at radius 3 is 2.39 bits per heavy atom. The van der Waals surface area contributed by atoms with Crippen LogP contribution in [0.4, 0.5) is 0 Å². The monoisotopic (exact) mass is 367 g/mol. The number of benzene rings is 2. The van der Waals surface area contributed by atoms with E-state index in [0.717, 1.165) is 39.5 Å². The van der Waals surface area contributed by atoms with Gasteiger partial charge in [-0.25, -0.2) is 4.98 Å². The maximum absolute atomic E-state index is 9.71. The van der Waals surface area contributed by atoms with E-state index in [-0.39, 0.29) is 6.61 Å². The van der Waals surface area contributed by atoms with Crippen LogP contribution in [0.25, 0.3) is 33.9 Å². The Kier molecular flexibility index (Phi) is 4.26. The lowest BCUT2D eigenvalue weighted by Crippen LogP contribution is -1.94. The number of nitrogens with zero attached hydrogens (tertiary/aromatic N) is 2. The Morgan fingerprint density at radius 1 is 0.893 bits per heavy atom. The van der Waals surface area contributed by atoms with Crippen LogP contribution in [0.1, 0.15) is 29.9 Å². The molecule has 2 aromatic carbocycles. The van der Waals surface area contributed by atoms with Gasteiger partial charge in [0.1, 0.15) is 5.82 Å². The number of hydrogen-bond acceptors (Lipinski definition) is 3. The van der Waals surface area contributed by atoms with Crippen molar-refractivity contribution in [1.82, 2.24) is 15.0 Å². The minimum atomic E-state index is 0.0825. The number of nitrogens with one attached hydrogen (secondary N) is 1. The molecule has 0 amide bonds. The van der Waals surface area contributed by atoms with Crippen LogP contribution in [0, 0.1) is 0 Å². The summed E-state index contributed by atoms with van der Waals surface area (Å²) in [6, 6.07) is 20.5. The van der Waals surface area contributed by atoms with Crippen molar-refractivity contribution in [1.29, 1.82) is 0 Å². The van der Waals surface area contributed by atoms with Gasteiger partial charge in [-0.15, -0.1) is 0 Å². The second kappa shape index (κ2) is 7.06. The van der Waals surface area contributed by atoms with E-state index in [2.05, 4.69) is 34.2 Å². The lowest BCUT2D eigenvalue weighted by atomic mass is 9.97. The summed E-state index contributed by atoms with van der Waals surface area (Å²) in [7, 11) is 0. The molecule has 0 unspecified atom stereocenters. The number of pyridine rings is 1. The van der Waals surface area contributed by atoms with Gasteiger partial charge < -0.3 is 10.1 Å². The van der Waals surface area contributed by atoms with E-state index in [9.17, 15) is 5.11 Å². The van der Waals surface area contributed by atoms with E-state index in [1.165, 1.54) is 18.4 Å². The molecule has 1 aliphatic rings. The zero-order valence-electron chi connectivity index (χ0n) is 15.5. The molecule has 1 fully saturated rings. The first-order valence-corrected chi connectivity index (χ1v) is 9.63. The standard InChI is InChI=1S/C24H21N3O/c28-15-20-9-8-19(14-21(20)16-6-7-16)23-22(17-10-12-25-13-11-17)26-24(27-23)18-4-2-1-3-5-18/h1-5,8-14,16,28H,6-7,15H2,(H,26,27). The maximum Gasteiger partial charge on any atom is 0.138 e. The third-order valence-corrected chi connectivity index (χ3v) is 5.33. The van der Waals surface area contributed by atoms with Gasteiger partial charge in [-0.3, -0.25) is 4.98 Å². The zero-order valence-corrected chi connectivity index (χ0v) is 15.5. The molecule has 4 heteroatoms. The molecule has 28 heavy (non-hydrogen) atoms. The van der Waals surface area contributed by atoms with Crippen molar-refractivity contribution in [2.24, 2.45) is 0 Å². The second-order valence-corrected chi connectivity index (χ2v) is 7.26. The van der Waals surface area contributed by atoms with Crippen molar-refractivity contribution < 1.29 is 5.11 Å². The predicted octanol–water partition coefficient (Wildman–Crippen LogP) is 5.18. The Morgan fingerprint density at radius 2 is 1.68 bits per heavy atom. The van der Waals surface area contributed by atoms with Crippen molar-refractivity contribution in [3.05, 3.63) is 84.2 Å². The van der Waals surface area contributed by atoms with Crippen LogP contribution in [-0.2, 0) is 6.61 Å². The summed E-state index contributed by atoms with van der Waals surface area (Å²) in [5, 5.41) is 9.71. The molecular formula is C24H21N3O. The topological polar surface area (TPSA) is 61.8 Å². The predicted molar refractivity (Wildman–Crippen MR) is 111 cm³/mol. The van der Waals surface area contributed by atoms with Crippen molar-refractivity contribution in [3.8, 4) is 33.9 Å². The summed E-state index contributed by atoms with van der Waals surface area (Å²) >= 11 is 0. The summed E-state index contributed by atoms with van der Waals surface area (Å²) in [4.78, 5) is 12.6. The molecule has 1 saturated carbocycles. The Balaban J connectivity index is 1.68. The molecule has 0 aliphatic heterocycles. The van der Waals surface area contributed by atoms with Crippen LogP contribution in [0.3, 0.4) is 0 Å². The van der Waals surface area contributed by atoms with E-state index in [0.29, 0.717) is 5.92 Å². The number of rotatable bonds is 5. The van der Waals surface area contributed by atoms with Gasteiger partial charge in [0.25, 0.3) is 0 Å². The molecular weight excluding hydrogens is 346 g/mol. The van der Waals surface area contributed by atoms with Gasteiger partial charge in [0, 0.05) is 29.1 Å². The smallest absolute Gasteiger partial charge is 0.138 e. The summed E-state index contributed by atoms with van der Waals surface area (Å²) in [5.41, 5.74) is 7.37. The second-order valence-electron chi connectivity index (χ2n) is 7.26. The summed E-state index contributed by atoms with van der Waals surface area (Å²) in [6.45, 7) is 0.0825. The fourth-order valence-corrected chi connectivity index (χ4v) is 3.70. The first-order valence-electron chi connectivity index (χ1n) is 9.63. The van der Waals surface area contributed by atoms with Crippen molar-refractivity contribution >= 4 is 0 Å². The van der Waals surface area contributed by atoms with Crippen molar-refractivity contribution in [2.75, 3.05) is 0 Å². The fourth-order valence-electron chi connectivity index (χ4n) is 3.70. The van der Waals surface area contributed by atoms with Crippen LogP contribution in [0.2, 0.25) is 0 Å². The van der Waals surface area contributed by atoms with Crippen LogP contribution in [0.15, 0.2) is 73.1 Å². The van der Waals surface area contributed by atoms with Gasteiger partial charge in [0.15, 0.2) is 0 Å². The van der Waals surface area contributed by atoms with E-state index in [1.807, 2.05) is 36.4 Å². The molecule has 0 radical (unpaired) electrons.